The van der Waals surface area contributed by atoms with Crippen LogP contribution in [0.1, 0.15) is 32.3 Å². The number of hydrogen-bond donors (Lipinski definition) is 1. The molecule has 0 radical (unpaired) electrons. The van der Waals surface area contributed by atoms with Crippen molar-refractivity contribution in [1.29, 1.82) is 0 Å². The zero-order chi connectivity index (χ0) is 14.1. The molecule has 3 nitrogen and oxygen atoms in total. The monoisotopic (exact) mass is 263 g/mol. The third-order valence-electron chi connectivity index (χ3n) is 2.74. The first-order valence-corrected chi connectivity index (χ1v) is 6.82. The number of benzene rings is 1. The van der Waals surface area contributed by atoms with Crippen LogP contribution in [-0.2, 0) is 6.54 Å². The van der Waals surface area contributed by atoms with E-state index in [0.717, 1.165) is 30.2 Å². The Hall–Kier alpha value is -1.48. The van der Waals surface area contributed by atoms with Crippen molar-refractivity contribution in [3.8, 4) is 11.5 Å². The summed E-state index contributed by atoms with van der Waals surface area (Å²) >= 11 is 0. The highest BCUT2D eigenvalue weighted by molar-refractivity contribution is 5.43. The van der Waals surface area contributed by atoms with Crippen molar-refractivity contribution < 1.29 is 9.47 Å². The van der Waals surface area contributed by atoms with E-state index in [1.807, 2.05) is 19.1 Å². The van der Waals surface area contributed by atoms with Crippen LogP contribution in [0.3, 0.4) is 0 Å². The van der Waals surface area contributed by atoms with Gasteiger partial charge < -0.3 is 14.8 Å². The van der Waals surface area contributed by atoms with Gasteiger partial charge in [0.25, 0.3) is 0 Å². The molecule has 0 spiro atoms. The number of nitrogens with one attached hydrogen (secondary N) is 1. The Labute approximate surface area is 116 Å². The molecule has 0 fully saturated rings. The highest BCUT2D eigenvalue weighted by Crippen LogP contribution is 2.28. The third-order valence-corrected chi connectivity index (χ3v) is 2.74. The molecule has 1 aromatic rings. The minimum atomic E-state index is 0.518. The molecule has 0 aliphatic rings. The molecule has 1 rings (SSSR count). The Balaban J connectivity index is 2.59. The van der Waals surface area contributed by atoms with Gasteiger partial charge in [0, 0.05) is 6.54 Å². The molecule has 0 heterocycles. The average Bonchev–Trinajstić information content (AvgIpc) is 2.41. The number of rotatable bonds is 9. The molecule has 1 N–H and O–H groups in total. The third kappa shape index (κ3) is 5.79. The Kier molecular flexibility index (Phi) is 7.04. The van der Waals surface area contributed by atoms with Crippen LogP contribution in [0.4, 0.5) is 0 Å². The minimum Gasteiger partial charge on any atom is -0.493 e. The van der Waals surface area contributed by atoms with Crippen molar-refractivity contribution in [2.75, 3.05) is 20.3 Å². The van der Waals surface area contributed by atoms with E-state index in [2.05, 4.69) is 24.9 Å². The average molecular weight is 263 g/mol. The fourth-order valence-electron chi connectivity index (χ4n) is 1.68. The van der Waals surface area contributed by atoms with Gasteiger partial charge in [-0.3, -0.25) is 0 Å². The summed E-state index contributed by atoms with van der Waals surface area (Å²) in [6.45, 7) is 10.4. The molecular weight excluding hydrogens is 238 g/mol. The smallest absolute Gasteiger partial charge is 0.161 e. The van der Waals surface area contributed by atoms with E-state index in [9.17, 15) is 0 Å². The van der Waals surface area contributed by atoms with Crippen LogP contribution in [0.2, 0.25) is 0 Å². The fraction of sp³-hybridized carbons (Fsp3) is 0.500. The highest BCUT2D eigenvalue weighted by Gasteiger charge is 2.05. The van der Waals surface area contributed by atoms with Crippen molar-refractivity contribution in [2.45, 2.75) is 33.2 Å². The Bertz CT molecular complexity index is 402. The Morgan fingerprint density at radius 1 is 1.32 bits per heavy atom. The molecule has 0 atom stereocenters. The van der Waals surface area contributed by atoms with Gasteiger partial charge in [0.15, 0.2) is 11.5 Å². The SMILES string of the molecule is C=C(C)COc1ccc(CNCCCC)cc1OC. The topological polar surface area (TPSA) is 30.5 Å². The van der Waals surface area contributed by atoms with E-state index in [1.165, 1.54) is 18.4 Å². The summed E-state index contributed by atoms with van der Waals surface area (Å²) in [5, 5.41) is 3.41. The summed E-state index contributed by atoms with van der Waals surface area (Å²) in [6.07, 6.45) is 2.42. The second-order valence-electron chi connectivity index (χ2n) is 4.76. The maximum Gasteiger partial charge on any atom is 0.161 e. The first-order chi connectivity index (χ1) is 9.17. The first-order valence-electron chi connectivity index (χ1n) is 6.82. The molecule has 0 amide bonds. The molecule has 0 aliphatic heterocycles. The summed E-state index contributed by atoms with van der Waals surface area (Å²) in [4.78, 5) is 0. The van der Waals surface area contributed by atoms with Gasteiger partial charge in [0.2, 0.25) is 0 Å². The van der Waals surface area contributed by atoms with Crippen molar-refractivity contribution >= 4 is 0 Å². The lowest BCUT2D eigenvalue weighted by Crippen LogP contribution is -2.14. The van der Waals surface area contributed by atoms with Crippen molar-refractivity contribution in [3.63, 3.8) is 0 Å². The lowest BCUT2D eigenvalue weighted by atomic mass is 10.2. The Morgan fingerprint density at radius 2 is 2.11 bits per heavy atom. The van der Waals surface area contributed by atoms with Crippen LogP contribution in [-0.4, -0.2) is 20.3 Å². The van der Waals surface area contributed by atoms with E-state index >= 15 is 0 Å². The molecular formula is C16H25NO2. The molecule has 0 aromatic heterocycles. The molecule has 0 aliphatic carbocycles. The molecule has 19 heavy (non-hydrogen) atoms. The zero-order valence-corrected chi connectivity index (χ0v) is 12.3. The van der Waals surface area contributed by atoms with E-state index in [-0.39, 0.29) is 0 Å². The number of ether oxygens (including phenoxy) is 2. The predicted molar refractivity (Wildman–Crippen MR) is 79.9 cm³/mol. The summed E-state index contributed by atoms with van der Waals surface area (Å²) in [5.41, 5.74) is 2.20. The molecule has 106 valence electrons. The standard InChI is InChI=1S/C16H25NO2/c1-5-6-9-17-11-14-7-8-15(16(10-14)18-4)19-12-13(2)3/h7-8,10,17H,2,5-6,9,11-12H2,1,3-4H3. The summed E-state index contributed by atoms with van der Waals surface area (Å²) in [7, 11) is 1.66. The molecule has 3 heteroatoms. The zero-order valence-electron chi connectivity index (χ0n) is 12.3. The van der Waals surface area contributed by atoms with Gasteiger partial charge in [0.05, 0.1) is 7.11 Å². The second-order valence-corrected chi connectivity index (χ2v) is 4.76. The van der Waals surface area contributed by atoms with Crippen molar-refractivity contribution in [2.24, 2.45) is 0 Å². The lowest BCUT2D eigenvalue weighted by Gasteiger charge is -2.12. The quantitative estimate of drug-likeness (QED) is 0.546. The van der Waals surface area contributed by atoms with Crippen LogP contribution in [0.15, 0.2) is 30.4 Å². The molecule has 0 unspecified atom stereocenters. The van der Waals surface area contributed by atoms with Gasteiger partial charge in [-0.2, -0.15) is 0 Å². The lowest BCUT2D eigenvalue weighted by molar-refractivity contribution is 0.319. The normalized spacial score (nSPS) is 10.3. The second kappa shape index (κ2) is 8.59. The number of methoxy groups -OCH3 is 1. The van der Waals surface area contributed by atoms with Crippen LogP contribution in [0, 0.1) is 0 Å². The predicted octanol–water partition coefficient (Wildman–Crippen LogP) is 3.54. The van der Waals surface area contributed by atoms with E-state index < -0.39 is 0 Å². The van der Waals surface area contributed by atoms with Gasteiger partial charge in [-0.25, -0.2) is 0 Å². The first kappa shape index (κ1) is 15.6. The van der Waals surface area contributed by atoms with E-state index in [1.54, 1.807) is 7.11 Å². The highest BCUT2D eigenvalue weighted by atomic mass is 16.5. The van der Waals surface area contributed by atoms with Gasteiger partial charge in [0.1, 0.15) is 6.61 Å². The number of hydrogen-bond acceptors (Lipinski definition) is 3. The minimum absolute atomic E-state index is 0.518. The molecule has 0 saturated carbocycles. The van der Waals surface area contributed by atoms with Gasteiger partial charge in [-0.15, -0.1) is 0 Å². The maximum atomic E-state index is 5.64. The van der Waals surface area contributed by atoms with Crippen molar-refractivity contribution in [3.05, 3.63) is 35.9 Å². The van der Waals surface area contributed by atoms with E-state index in [0.29, 0.717) is 6.61 Å². The van der Waals surface area contributed by atoms with Gasteiger partial charge in [-0.05, 0) is 43.2 Å². The maximum absolute atomic E-state index is 5.64. The summed E-state index contributed by atoms with van der Waals surface area (Å²) < 4.78 is 11.0. The molecule has 0 saturated heterocycles. The van der Waals surface area contributed by atoms with Gasteiger partial charge in [-0.1, -0.05) is 26.0 Å². The summed E-state index contributed by atoms with van der Waals surface area (Å²) in [6, 6.07) is 6.04. The van der Waals surface area contributed by atoms with Gasteiger partial charge >= 0.3 is 0 Å². The van der Waals surface area contributed by atoms with Crippen LogP contribution in [0.5, 0.6) is 11.5 Å². The summed E-state index contributed by atoms with van der Waals surface area (Å²) in [5.74, 6) is 1.54. The Morgan fingerprint density at radius 3 is 2.74 bits per heavy atom. The molecule has 1 aromatic carbocycles. The fourth-order valence-corrected chi connectivity index (χ4v) is 1.68. The largest absolute Gasteiger partial charge is 0.493 e. The van der Waals surface area contributed by atoms with Crippen molar-refractivity contribution in [1.82, 2.24) is 5.32 Å². The van der Waals surface area contributed by atoms with E-state index in [4.69, 9.17) is 9.47 Å². The van der Waals surface area contributed by atoms with Crippen LogP contribution < -0.4 is 14.8 Å². The van der Waals surface area contributed by atoms with Crippen LogP contribution >= 0.6 is 0 Å². The number of unbranched alkanes of at least 4 members (excludes halogenated alkanes) is 1. The van der Waals surface area contributed by atoms with Crippen LogP contribution in [0.25, 0.3) is 0 Å². The molecule has 0 bridgehead atoms.